The Balaban J connectivity index is 2.46. The van der Waals surface area contributed by atoms with Crippen LogP contribution in [-0.2, 0) is 16.1 Å². The van der Waals surface area contributed by atoms with Crippen LogP contribution in [0.25, 0.3) is 0 Å². The summed E-state index contributed by atoms with van der Waals surface area (Å²) in [5.41, 5.74) is 0.255. The molecule has 0 saturated heterocycles. The first-order valence-corrected chi connectivity index (χ1v) is 6.13. The van der Waals surface area contributed by atoms with E-state index in [0.717, 1.165) is 6.07 Å². The van der Waals surface area contributed by atoms with E-state index in [2.05, 4.69) is 0 Å². The van der Waals surface area contributed by atoms with Gasteiger partial charge < -0.3 is 19.5 Å². The molecule has 0 aliphatic heterocycles. The predicted molar refractivity (Wildman–Crippen MR) is 71.6 cm³/mol. The number of rotatable bonds is 7. The van der Waals surface area contributed by atoms with Crippen LogP contribution in [0.3, 0.4) is 0 Å². The molecule has 6 heteroatoms. The van der Waals surface area contributed by atoms with Gasteiger partial charge in [0.15, 0.2) is 0 Å². The molecule has 0 radical (unpaired) electrons. The summed E-state index contributed by atoms with van der Waals surface area (Å²) in [5, 5.41) is 17.8. The van der Waals surface area contributed by atoms with Gasteiger partial charge in [-0.15, -0.1) is 0 Å². The number of benzene rings is 1. The first-order valence-electron chi connectivity index (χ1n) is 6.13. The van der Waals surface area contributed by atoms with Gasteiger partial charge in [0, 0.05) is 19.3 Å². The highest BCUT2D eigenvalue weighted by Gasteiger charge is 2.16. The molecule has 106 valence electrons. The lowest BCUT2D eigenvalue weighted by Crippen LogP contribution is -2.30. The monoisotopic (exact) mass is 270 g/mol. The molecule has 1 aromatic carbocycles. The SMILES string of the molecule is COC(C)(C)CCOCc1ccc(B(O)O)cc1F. The molecule has 0 fully saturated rings. The van der Waals surface area contributed by atoms with E-state index in [9.17, 15) is 4.39 Å². The highest BCUT2D eigenvalue weighted by atomic mass is 19.1. The Labute approximate surface area is 113 Å². The minimum atomic E-state index is -1.66. The molecule has 0 amide bonds. The quantitative estimate of drug-likeness (QED) is 0.569. The molecule has 0 heterocycles. The maximum Gasteiger partial charge on any atom is 0.488 e. The first-order chi connectivity index (χ1) is 8.85. The third kappa shape index (κ3) is 5.28. The van der Waals surface area contributed by atoms with E-state index >= 15 is 0 Å². The Kier molecular flexibility index (Phi) is 5.94. The minimum Gasteiger partial charge on any atom is -0.423 e. The number of hydrogen-bond acceptors (Lipinski definition) is 4. The molecule has 0 bridgehead atoms. The lowest BCUT2D eigenvalue weighted by atomic mass is 9.80. The fourth-order valence-corrected chi connectivity index (χ4v) is 1.44. The number of halogens is 1. The molecule has 0 saturated carbocycles. The predicted octanol–water partition coefficient (Wildman–Crippen LogP) is 0.837. The molecule has 0 aromatic heterocycles. The molecular weight excluding hydrogens is 250 g/mol. The lowest BCUT2D eigenvalue weighted by Gasteiger charge is -2.22. The second-order valence-electron chi connectivity index (χ2n) is 4.99. The zero-order chi connectivity index (χ0) is 14.5. The summed E-state index contributed by atoms with van der Waals surface area (Å²) in [7, 11) is -0.0227. The summed E-state index contributed by atoms with van der Waals surface area (Å²) in [4.78, 5) is 0. The number of ether oxygens (including phenoxy) is 2. The van der Waals surface area contributed by atoms with Gasteiger partial charge in [0.1, 0.15) is 5.82 Å². The van der Waals surface area contributed by atoms with Crippen LogP contribution in [0.2, 0.25) is 0 Å². The third-order valence-corrected chi connectivity index (χ3v) is 3.03. The highest BCUT2D eigenvalue weighted by molar-refractivity contribution is 6.58. The van der Waals surface area contributed by atoms with Crippen molar-refractivity contribution in [3.05, 3.63) is 29.6 Å². The van der Waals surface area contributed by atoms with Crippen molar-refractivity contribution in [2.45, 2.75) is 32.5 Å². The van der Waals surface area contributed by atoms with Crippen LogP contribution in [0, 0.1) is 5.82 Å². The molecule has 1 aromatic rings. The van der Waals surface area contributed by atoms with Gasteiger partial charge >= 0.3 is 7.12 Å². The Morgan fingerprint density at radius 2 is 2.00 bits per heavy atom. The van der Waals surface area contributed by atoms with Gasteiger partial charge in [0.2, 0.25) is 0 Å². The van der Waals surface area contributed by atoms with Gasteiger partial charge in [0.05, 0.1) is 12.2 Å². The van der Waals surface area contributed by atoms with Gasteiger partial charge in [-0.05, 0) is 31.8 Å². The molecule has 19 heavy (non-hydrogen) atoms. The van der Waals surface area contributed by atoms with Crippen LogP contribution >= 0.6 is 0 Å². The van der Waals surface area contributed by atoms with Gasteiger partial charge in [0.25, 0.3) is 0 Å². The van der Waals surface area contributed by atoms with Crippen molar-refractivity contribution in [1.82, 2.24) is 0 Å². The standard InChI is InChI=1S/C13H20BFO4/c1-13(2,18-3)6-7-19-9-10-4-5-11(14(16)17)8-12(10)15/h4-5,8,16-17H,6-7,9H2,1-3H3. The van der Waals surface area contributed by atoms with E-state index in [-0.39, 0.29) is 17.7 Å². The molecule has 4 nitrogen and oxygen atoms in total. The second-order valence-corrected chi connectivity index (χ2v) is 4.99. The fraction of sp³-hybridized carbons (Fsp3) is 0.538. The minimum absolute atomic E-state index is 0.127. The Bertz CT molecular complexity index is 410. The Morgan fingerprint density at radius 3 is 2.53 bits per heavy atom. The van der Waals surface area contributed by atoms with Gasteiger partial charge in [-0.2, -0.15) is 0 Å². The average Bonchev–Trinajstić information content (AvgIpc) is 2.36. The van der Waals surface area contributed by atoms with Crippen molar-refractivity contribution >= 4 is 12.6 Å². The van der Waals surface area contributed by atoms with Crippen LogP contribution in [0.5, 0.6) is 0 Å². The average molecular weight is 270 g/mol. The van der Waals surface area contributed by atoms with Gasteiger partial charge in [-0.1, -0.05) is 12.1 Å². The zero-order valence-electron chi connectivity index (χ0n) is 11.5. The van der Waals surface area contributed by atoms with E-state index in [0.29, 0.717) is 18.6 Å². The molecule has 0 aliphatic rings. The fourth-order valence-electron chi connectivity index (χ4n) is 1.44. The smallest absolute Gasteiger partial charge is 0.423 e. The summed E-state index contributed by atoms with van der Waals surface area (Å²) in [6, 6.07) is 4.06. The highest BCUT2D eigenvalue weighted by Crippen LogP contribution is 2.14. The summed E-state index contributed by atoms with van der Waals surface area (Å²) >= 11 is 0. The Morgan fingerprint density at radius 1 is 1.32 bits per heavy atom. The molecule has 2 N–H and O–H groups in total. The van der Waals surface area contributed by atoms with Crippen LogP contribution in [-0.4, -0.2) is 36.5 Å². The topological polar surface area (TPSA) is 58.9 Å². The second kappa shape index (κ2) is 7.00. The summed E-state index contributed by atoms with van der Waals surface area (Å²) in [5.74, 6) is -0.503. The van der Waals surface area contributed by atoms with Crippen molar-refractivity contribution in [2.24, 2.45) is 0 Å². The Hall–Kier alpha value is -0.945. The number of hydrogen-bond donors (Lipinski definition) is 2. The van der Waals surface area contributed by atoms with Crippen molar-refractivity contribution in [1.29, 1.82) is 0 Å². The molecule has 0 atom stereocenters. The van der Waals surface area contributed by atoms with Crippen LogP contribution in [0.15, 0.2) is 18.2 Å². The summed E-state index contributed by atoms with van der Waals surface area (Å²) in [6.07, 6.45) is 0.707. The van der Waals surface area contributed by atoms with E-state index in [4.69, 9.17) is 19.5 Å². The normalized spacial score (nSPS) is 11.7. The maximum absolute atomic E-state index is 13.6. The molecule has 1 rings (SSSR count). The van der Waals surface area contributed by atoms with Gasteiger partial charge in [-0.25, -0.2) is 4.39 Å². The summed E-state index contributed by atoms with van der Waals surface area (Å²) < 4.78 is 24.3. The molecule has 0 unspecified atom stereocenters. The van der Waals surface area contributed by atoms with E-state index in [1.807, 2.05) is 13.8 Å². The number of methoxy groups -OCH3 is 1. The van der Waals surface area contributed by atoms with Crippen LogP contribution in [0.1, 0.15) is 25.8 Å². The van der Waals surface area contributed by atoms with E-state index in [1.54, 1.807) is 7.11 Å². The first kappa shape index (κ1) is 16.1. The van der Waals surface area contributed by atoms with Gasteiger partial charge in [-0.3, -0.25) is 0 Å². The zero-order valence-corrected chi connectivity index (χ0v) is 11.5. The van der Waals surface area contributed by atoms with Crippen LogP contribution in [0.4, 0.5) is 4.39 Å². The maximum atomic E-state index is 13.6. The van der Waals surface area contributed by atoms with Crippen LogP contribution < -0.4 is 5.46 Å². The van der Waals surface area contributed by atoms with Crippen molar-refractivity contribution in [3.63, 3.8) is 0 Å². The third-order valence-electron chi connectivity index (χ3n) is 3.03. The van der Waals surface area contributed by atoms with E-state index in [1.165, 1.54) is 12.1 Å². The summed E-state index contributed by atoms with van der Waals surface area (Å²) in [6.45, 7) is 4.51. The molecule has 0 spiro atoms. The van der Waals surface area contributed by atoms with E-state index < -0.39 is 12.9 Å². The molecular formula is C13H20BFO4. The largest absolute Gasteiger partial charge is 0.488 e. The van der Waals surface area contributed by atoms with Crippen molar-refractivity contribution < 1.29 is 23.9 Å². The lowest BCUT2D eigenvalue weighted by molar-refractivity contribution is -0.0127. The van der Waals surface area contributed by atoms with Crippen molar-refractivity contribution in [3.8, 4) is 0 Å². The molecule has 0 aliphatic carbocycles. The van der Waals surface area contributed by atoms with Crippen molar-refractivity contribution in [2.75, 3.05) is 13.7 Å².